The molecule has 3 N–H and O–H groups in total. The third-order valence-electron chi connectivity index (χ3n) is 3.05. The van der Waals surface area contributed by atoms with Crippen molar-refractivity contribution in [2.45, 2.75) is 25.8 Å². The average molecular weight is 270 g/mol. The highest BCUT2D eigenvalue weighted by atomic mass is 19.1. The number of hydrazine groups is 1. The molecule has 0 amide bonds. The number of ether oxygens (including phenoxy) is 2. The molecule has 0 fully saturated rings. The smallest absolute Gasteiger partial charge is 0.123 e. The molecule has 1 aromatic rings. The molecule has 5 heteroatoms. The van der Waals surface area contributed by atoms with E-state index in [1.54, 1.807) is 13.2 Å². The largest absolute Gasteiger partial charge is 0.382 e. The number of nitrogens with two attached hydrogens (primary N) is 1. The molecule has 0 aliphatic rings. The second-order valence-electron chi connectivity index (χ2n) is 4.53. The van der Waals surface area contributed by atoms with Crippen molar-refractivity contribution < 1.29 is 13.9 Å². The Balaban J connectivity index is 2.39. The zero-order chi connectivity index (χ0) is 14.1. The Bertz CT molecular complexity index is 374. The van der Waals surface area contributed by atoms with E-state index in [0.717, 1.165) is 24.0 Å². The zero-order valence-electron chi connectivity index (χ0n) is 11.6. The molecule has 1 aromatic carbocycles. The summed E-state index contributed by atoms with van der Waals surface area (Å²) in [5, 5.41) is 0. The summed E-state index contributed by atoms with van der Waals surface area (Å²) >= 11 is 0. The Morgan fingerprint density at radius 2 is 2.11 bits per heavy atom. The van der Waals surface area contributed by atoms with E-state index in [1.165, 1.54) is 12.1 Å². The lowest BCUT2D eigenvalue weighted by molar-refractivity contribution is 0.0658. The maximum Gasteiger partial charge on any atom is 0.123 e. The van der Waals surface area contributed by atoms with Gasteiger partial charge in [-0.15, -0.1) is 0 Å². The van der Waals surface area contributed by atoms with E-state index in [-0.39, 0.29) is 11.9 Å². The van der Waals surface area contributed by atoms with E-state index in [2.05, 4.69) is 5.43 Å². The molecule has 0 aliphatic carbocycles. The molecular formula is C14H23FN2O2. The van der Waals surface area contributed by atoms with Crippen LogP contribution in [0.4, 0.5) is 4.39 Å². The number of hydrogen-bond acceptors (Lipinski definition) is 4. The van der Waals surface area contributed by atoms with Gasteiger partial charge < -0.3 is 9.47 Å². The molecule has 1 unspecified atom stereocenters. The van der Waals surface area contributed by atoms with Crippen molar-refractivity contribution in [2.75, 3.05) is 26.9 Å². The minimum absolute atomic E-state index is 0.117. The summed E-state index contributed by atoms with van der Waals surface area (Å²) in [5.41, 5.74) is 4.82. The molecule has 19 heavy (non-hydrogen) atoms. The van der Waals surface area contributed by atoms with Crippen molar-refractivity contribution in [1.29, 1.82) is 0 Å². The monoisotopic (exact) mass is 270 g/mol. The molecule has 0 heterocycles. The van der Waals surface area contributed by atoms with Gasteiger partial charge in [0.05, 0.1) is 13.2 Å². The first-order chi connectivity index (χ1) is 9.17. The van der Waals surface area contributed by atoms with E-state index in [4.69, 9.17) is 15.3 Å². The summed E-state index contributed by atoms with van der Waals surface area (Å²) in [6.07, 6.45) is 1.56. The number of halogens is 1. The molecule has 0 saturated heterocycles. The Morgan fingerprint density at radius 1 is 1.32 bits per heavy atom. The van der Waals surface area contributed by atoms with Crippen molar-refractivity contribution in [2.24, 2.45) is 5.84 Å². The third kappa shape index (κ3) is 6.11. The van der Waals surface area contributed by atoms with Crippen LogP contribution in [0, 0.1) is 12.7 Å². The van der Waals surface area contributed by atoms with Crippen molar-refractivity contribution in [3.63, 3.8) is 0 Å². The molecule has 4 nitrogen and oxygen atoms in total. The SMILES string of the molecule is COCCOCCC(Cc1ccc(F)cc1C)NN. The van der Waals surface area contributed by atoms with E-state index in [0.29, 0.717) is 19.8 Å². The van der Waals surface area contributed by atoms with E-state index in [1.807, 2.05) is 6.92 Å². The number of aryl methyl sites for hydroxylation is 1. The van der Waals surface area contributed by atoms with Gasteiger partial charge in [0, 0.05) is 19.8 Å². The first-order valence-corrected chi connectivity index (χ1v) is 6.45. The van der Waals surface area contributed by atoms with Crippen LogP contribution in [0.1, 0.15) is 17.5 Å². The normalized spacial score (nSPS) is 12.6. The fourth-order valence-corrected chi connectivity index (χ4v) is 1.87. The van der Waals surface area contributed by atoms with Crippen molar-refractivity contribution in [1.82, 2.24) is 5.43 Å². The lowest BCUT2D eigenvalue weighted by Crippen LogP contribution is -2.37. The molecular weight excluding hydrogens is 247 g/mol. The highest BCUT2D eigenvalue weighted by Gasteiger charge is 2.10. The van der Waals surface area contributed by atoms with Gasteiger partial charge in [0.1, 0.15) is 5.82 Å². The van der Waals surface area contributed by atoms with Gasteiger partial charge in [-0.05, 0) is 43.0 Å². The maximum atomic E-state index is 13.0. The molecule has 0 aliphatic heterocycles. The fraction of sp³-hybridized carbons (Fsp3) is 0.571. The fourth-order valence-electron chi connectivity index (χ4n) is 1.87. The van der Waals surface area contributed by atoms with Gasteiger partial charge in [0.2, 0.25) is 0 Å². The minimum atomic E-state index is -0.207. The number of methoxy groups -OCH3 is 1. The van der Waals surface area contributed by atoms with Gasteiger partial charge in [-0.25, -0.2) is 4.39 Å². The Labute approximate surface area is 114 Å². The Morgan fingerprint density at radius 3 is 2.74 bits per heavy atom. The quantitative estimate of drug-likeness (QED) is 0.406. The summed E-state index contributed by atoms with van der Waals surface area (Å²) in [6.45, 7) is 3.71. The van der Waals surface area contributed by atoms with Crippen LogP contribution in [0.25, 0.3) is 0 Å². The number of nitrogens with one attached hydrogen (secondary N) is 1. The summed E-state index contributed by atoms with van der Waals surface area (Å²) in [7, 11) is 1.64. The second-order valence-corrected chi connectivity index (χ2v) is 4.53. The Hall–Kier alpha value is -1.01. The molecule has 0 spiro atoms. The van der Waals surface area contributed by atoms with Crippen LogP contribution in [0.3, 0.4) is 0 Å². The van der Waals surface area contributed by atoms with Crippen LogP contribution in [0.2, 0.25) is 0 Å². The molecule has 0 aromatic heterocycles. The topological polar surface area (TPSA) is 56.5 Å². The van der Waals surface area contributed by atoms with E-state index < -0.39 is 0 Å². The predicted octanol–water partition coefficient (Wildman–Crippen LogP) is 1.56. The van der Waals surface area contributed by atoms with Crippen molar-refractivity contribution in [3.8, 4) is 0 Å². The van der Waals surface area contributed by atoms with Gasteiger partial charge >= 0.3 is 0 Å². The first kappa shape index (κ1) is 16.0. The van der Waals surface area contributed by atoms with Crippen molar-refractivity contribution >= 4 is 0 Å². The van der Waals surface area contributed by atoms with Gasteiger partial charge in [-0.2, -0.15) is 0 Å². The summed E-state index contributed by atoms with van der Waals surface area (Å²) in [6, 6.07) is 4.94. The summed E-state index contributed by atoms with van der Waals surface area (Å²) in [5.74, 6) is 5.33. The lowest BCUT2D eigenvalue weighted by atomic mass is 10.00. The van der Waals surface area contributed by atoms with Crippen LogP contribution >= 0.6 is 0 Å². The van der Waals surface area contributed by atoms with Crippen LogP contribution < -0.4 is 11.3 Å². The number of hydrogen-bond donors (Lipinski definition) is 2. The highest BCUT2D eigenvalue weighted by Crippen LogP contribution is 2.13. The van der Waals surface area contributed by atoms with Gasteiger partial charge in [-0.3, -0.25) is 11.3 Å². The van der Waals surface area contributed by atoms with Crippen LogP contribution in [0.15, 0.2) is 18.2 Å². The molecule has 1 rings (SSSR count). The Kier molecular flexibility index (Phi) is 7.59. The second kappa shape index (κ2) is 8.98. The van der Waals surface area contributed by atoms with Crippen LogP contribution in [0.5, 0.6) is 0 Å². The predicted molar refractivity (Wildman–Crippen MR) is 73.3 cm³/mol. The summed E-state index contributed by atoms with van der Waals surface area (Å²) in [4.78, 5) is 0. The van der Waals surface area contributed by atoms with Gasteiger partial charge in [0.15, 0.2) is 0 Å². The number of benzene rings is 1. The number of rotatable bonds is 9. The molecule has 0 bridgehead atoms. The van der Waals surface area contributed by atoms with Crippen LogP contribution in [-0.2, 0) is 15.9 Å². The lowest BCUT2D eigenvalue weighted by Gasteiger charge is -2.17. The van der Waals surface area contributed by atoms with Gasteiger partial charge in [-0.1, -0.05) is 6.07 Å². The van der Waals surface area contributed by atoms with E-state index in [9.17, 15) is 4.39 Å². The third-order valence-corrected chi connectivity index (χ3v) is 3.05. The van der Waals surface area contributed by atoms with Gasteiger partial charge in [0.25, 0.3) is 0 Å². The maximum absolute atomic E-state index is 13.0. The molecule has 108 valence electrons. The van der Waals surface area contributed by atoms with Crippen LogP contribution in [-0.4, -0.2) is 33.0 Å². The minimum Gasteiger partial charge on any atom is -0.382 e. The van der Waals surface area contributed by atoms with E-state index >= 15 is 0 Å². The summed E-state index contributed by atoms with van der Waals surface area (Å²) < 4.78 is 23.3. The average Bonchev–Trinajstić information content (AvgIpc) is 2.39. The molecule has 0 saturated carbocycles. The first-order valence-electron chi connectivity index (χ1n) is 6.45. The zero-order valence-corrected chi connectivity index (χ0v) is 11.6. The molecule has 0 radical (unpaired) electrons. The van der Waals surface area contributed by atoms with Crippen molar-refractivity contribution in [3.05, 3.63) is 35.1 Å². The standard InChI is InChI=1S/C14H23FN2O2/c1-11-9-13(15)4-3-12(11)10-14(17-16)5-6-19-8-7-18-2/h3-4,9,14,17H,5-8,10,16H2,1-2H3. The highest BCUT2D eigenvalue weighted by molar-refractivity contribution is 5.27. The molecule has 1 atom stereocenters.